The van der Waals surface area contributed by atoms with Crippen molar-refractivity contribution in [2.45, 2.75) is 456 Å². The van der Waals surface area contributed by atoms with Crippen molar-refractivity contribution in [2.75, 3.05) is 13.2 Å². The fourth-order valence-corrected chi connectivity index (χ4v) is 12.5. The molecule has 0 spiro atoms. The van der Waals surface area contributed by atoms with E-state index in [0.29, 0.717) is 25.9 Å². The van der Waals surface area contributed by atoms with E-state index in [1.54, 1.807) is 0 Å². The van der Waals surface area contributed by atoms with Crippen LogP contribution in [-0.4, -0.2) is 47.4 Å². The minimum atomic E-state index is -0.665. The van der Waals surface area contributed by atoms with E-state index in [-0.39, 0.29) is 18.5 Å². The van der Waals surface area contributed by atoms with Crippen molar-refractivity contribution >= 4 is 11.9 Å². The molecule has 0 aliphatic rings. The molecule has 3 N–H and O–H groups in total. The second kappa shape index (κ2) is 74.8. The zero-order valence-electron chi connectivity index (χ0n) is 57.9. The number of unbranched alkanes of at least 4 members (excludes halogenated alkanes) is 59. The molecule has 0 heterocycles. The van der Waals surface area contributed by atoms with E-state index >= 15 is 0 Å². The highest BCUT2D eigenvalue weighted by Gasteiger charge is 2.20. The van der Waals surface area contributed by atoms with Gasteiger partial charge in [0.1, 0.15) is 0 Å². The Labute approximate surface area is 532 Å². The van der Waals surface area contributed by atoms with Gasteiger partial charge in [-0.15, -0.1) is 0 Å². The Bertz CT molecular complexity index is 1330. The van der Waals surface area contributed by atoms with Crippen LogP contribution in [0.3, 0.4) is 0 Å². The predicted molar refractivity (Wildman–Crippen MR) is 375 cm³/mol. The van der Waals surface area contributed by atoms with Crippen molar-refractivity contribution in [1.29, 1.82) is 0 Å². The van der Waals surface area contributed by atoms with Gasteiger partial charge in [0.05, 0.1) is 25.4 Å². The maximum Gasteiger partial charge on any atom is 0.305 e. The van der Waals surface area contributed by atoms with Gasteiger partial charge < -0.3 is 20.3 Å². The molecule has 1 amide bonds. The van der Waals surface area contributed by atoms with Crippen LogP contribution in [0, 0.1) is 0 Å². The third-order valence-corrected chi connectivity index (χ3v) is 18.5. The van der Waals surface area contributed by atoms with Crippen LogP contribution in [0.15, 0.2) is 24.3 Å². The number of hydrogen-bond donors (Lipinski definition) is 3. The Morgan fingerprint density at radius 3 is 0.835 bits per heavy atom. The van der Waals surface area contributed by atoms with Gasteiger partial charge in [-0.1, -0.05) is 378 Å². The molecule has 0 fully saturated rings. The summed E-state index contributed by atoms with van der Waals surface area (Å²) in [5.74, 6) is -0.0195. The van der Waals surface area contributed by atoms with Gasteiger partial charge in [-0.25, -0.2) is 0 Å². The van der Waals surface area contributed by atoms with Crippen molar-refractivity contribution < 1.29 is 24.5 Å². The van der Waals surface area contributed by atoms with Gasteiger partial charge in [0, 0.05) is 12.8 Å². The highest BCUT2D eigenvalue weighted by atomic mass is 16.5. The number of nitrogens with one attached hydrogen (secondary N) is 1. The van der Waals surface area contributed by atoms with Crippen LogP contribution in [0.4, 0.5) is 0 Å². The maximum absolute atomic E-state index is 12.6. The molecule has 0 bridgehead atoms. The quantitative estimate of drug-likeness (QED) is 0.0320. The average molecular weight is 1200 g/mol. The van der Waals surface area contributed by atoms with Gasteiger partial charge in [-0.3, -0.25) is 9.59 Å². The minimum Gasteiger partial charge on any atom is -0.466 e. The Morgan fingerprint density at radius 1 is 0.318 bits per heavy atom. The number of carbonyl (C=O) groups is 2. The molecular weight excluding hydrogens is 1040 g/mol. The van der Waals surface area contributed by atoms with Gasteiger partial charge in [-0.05, 0) is 77.0 Å². The van der Waals surface area contributed by atoms with Crippen LogP contribution in [0.2, 0.25) is 0 Å². The molecule has 2 atom stereocenters. The Balaban J connectivity index is 3.37. The number of allylic oxidation sites excluding steroid dienone is 4. The summed E-state index contributed by atoms with van der Waals surface area (Å²) in [4.78, 5) is 24.6. The van der Waals surface area contributed by atoms with E-state index in [0.717, 1.165) is 44.9 Å². The van der Waals surface area contributed by atoms with E-state index in [1.165, 1.54) is 366 Å². The molecule has 0 aromatic carbocycles. The molecule has 6 heteroatoms. The molecule has 0 rings (SSSR count). The molecule has 0 aromatic rings. The Morgan fingerprint density at radius 2 is 0.553 bits per heavy atom. The molecule has 0 saturated heterocycles. The van der Waals surface area contributed by atoms with E-state index < -0.39 is 12.1 Å². The van der Waals surface area contributed by atoms with E-state index in [1.807, 2.05) is 0 Å². The first kappa shape index (κ1) is 83.3. The number of esters is 1. The first-order chi connectivity index (χ1) is 42.0. The van der Waals surface area contributed by atoms with Gasteiger partial charge in [-0.2, -0.15) is 0 Å². The lowest BCUT2D eigenvalue weighted by Crippen LogP contribution is -2.45. The summed E-state index contributed by atoms with van der Waals surface area (Å²) in [6.07, 6.45) is 95.5. The summed E-state index contributed by atoms with van der Waals surface area (Å²) in [6.45, 7) is 4.99. The third kappa shape index (κ3) is 71.3. The molecular formula is C79H153NO5. The molecule has 0 saturated carbocycles. The first-order valence-corrected chi connectivity index (χ1v) is 39.1. The number of carbonyl (C=O) groups excluding carboxylic acids is 2. The standard InChI is InChI=1S/C79H153NO5/c1-3-5-7-9-11-13-15-17-19-20-21-22-23-29-32-35-38-41-44-47-51-55-59-63-67-71-77(82)76(75-81)80-78(83)72-68-64-60-56-52-48-45-42-39-36-33-30-27-25-24-26-28-31-34-37-40-43-46-50-54-58-62-66-70-74-85-79(84)73-69-65-61-57-53-49-18-16-14-12-10-8-6-4-2/h16,18,24,26,76-77,81-82H,3-15,17,19-23,25,27-75H2,1-2H3,(H,80,83)/b18-16-,26-24-. The zero-order valence-corrected chi connectivity index (χ0v) is 57.9. The molecule has 85 heavy (non-hydrogen) atoms. The van der Waals surface area contributed by atoms with Crippen molar-refractivity contribution in [1.82, 2.24) is 5.32 Å². The number of hydrogen-bond acceptors (Lipinski definition) is 5. The van der Waals surface area contributed by atoms with Crippen LogP contribution in [0.5, 0.6) is 0 Å². The number of rotatable bonds is 74. The molecule has 0 aliphatic carbocycles. The second-order valence-corrected chi connectivity index (χ2v) is 27.0. The predicted octanol–water partition coefficient (Wildman–Crippen LogP) is 25.7. The summed E-state index contributed by atoms with van der Waals surface area (Å²) < 4.78 is 5.49. The normalized spacial score (nSPS) is 12.6. The molecule has 0 radical (unpaired) electrons. The Kier molecular flexibility index (Phi) is 73.3. The van der Waals surface area contributed by atoms with Crippen molar-refractivity contribution in [3.63, 3.8) is 0 Å². The summed E-state index contributed by atoms with van der Waals surface area (Å²) in [6, 6.07) is -0.542. The van der Waals surface area contributed by atoms with Crippen LogP contribution < -0.4 is 5.32 Å². The van der Waals surface area contributed by atoms with E-state index in [9.17, 15) is 19.8 Å². The van der Waals surface area contributed by atoms with Gasteiger partial charge in [0.15, 0.2) is 0 Å². The van der Waals surface area contributed by atoms with Crippen LogP contribution in [-0.2, 0) is 14.3 Å². The van der Waals surface area contributed by atoms with Crippen molar-refractivity contribution in [3.05, 3.63) is 24.3 Å². The van der Waals surface area contributed by atoms with Gasteiger partial charge in [0.2, 0.25) is 5.91 Å². The summed E-state index contributed by atoms with van der Waals surface area (Å²) in [5.41, 5.74) is 0. The fraction of sp³-hybridized carbons (Fsp3) is 0.924. The SMILES string of the molecule is CCCCCCC/C=C\CCCCCCCC(=O)OCCCCCCCCCCCCCC/C=C\CCCCCCCCCCCCCCCC(=O)NC(CO)C(O)CCCCCCCCCCCCCCCCCCCCCCCCCCC. The monoisotopic (exact) mass is 1200 g/mol. The van der Waals surface area contributed by atoms with Crippen LogP contribution in [0.1, 0.15) is 444 Å². The second-order valence-electron chi connectivity index (χ2n) is 27.0. The molecule has 0 aromatic heterocycles. The summed E-state index contributed by atoms with van der Waals surface area (Å²) >= 11 is 0. The zero-order chi connectivity index (χ0) is 61.3. The van der Waals surface area contributed by atoms with E-state index in [4.69, 9.17) is 4.74 Å². The highest BCUT2D eigenvalue weighted by molar-refractivity contribution is 5.76. The lowest BCUT2D eigenvalue weighted by molar-refractivity contribution is -0.143. The van der Waals surface area contributed by atoms with E-state index in [2.05, 4.69) is 43.5 Å². The Hall–Kier alpha value is -1.66. The molecule has 504 valence electrons. The largest absolute Gasteiger partial charge is 0.466 e. The minimum absolute atomic E-state index is 0.00896. The average Bonchev–Trinajstić information content (AvgIpc) is 3.51. The number of aliphatic hydroxyl groups is 2. The summed E-state index contributed by atoms with van der Waals surface area (Å²) in [5, 5.41) is 23.5. The topological polar surface area (TPSA) is 95.9 Å². The molecule has 6 nitrogen and oxygen atoms in total. The maximum atomic E-state index is 12.6. The highest BCUT2D eigenvalue weighted by Crippen LogP contribution is 2.20. The van der Waals surface area contributed by atoms with Gasteiger partial charge in [0.25, 0.3) is 0 Å². The number of amides is 1. The third-order valence-electron chi connectivity index (χ3n) is 18.5. The lowest BCUT2D eigenvalue weighted by atomic mass is 10.0. The molecule has 2 unspecified atom stereocenters. The fourth-order valence-electron chi connectivity index (χ4n) is 12.5. The number of ether oxygens (including phenoxy) is 1. The number of aliphatic hydroxyl groups excluding tert-OH is 2. The van der Waals surface area contributed by atoms with Crippen LogP contribution >= 0.6 is 0 Å². The molecule has 0 aliphatic heterocycles. The van der Waals surface area contributed by atoms with Crippen molar-refractivity contribution in [3.8, 4) is 0 Å². The van der Waals surface area contributed by atoms with Crippen molar-refractivity contribution in [2.24, 2.45) is 0 Å². The smallest absolute Gasteiger partial charge is 0.305 e. The van der Waals surface area contributed by atoms with Gasteiger partial charge >= 0.3 is 5.97 Å². The van der Waals surface area contributed by atoms with Crippen LogP contribution in [0.25, 0.3) is 0 Å². The first-order valence-electron chi connectivity index (χ1n) is 39.1. The lowest BCUT2D eigenvalue weighted by Gasteiger charge is -2.22. The summed E-state index contributed by atoms with van der Waals surface area (Å²) in [7, 11) is 0.